The van der Waals surface area contributed by atoms with Gasteiger partial charge < -0.3 is 4.74 Å². The lowest BCUT2D eigenvalue weighted by Crippen LogP contribution is -2.33. The summed E-state index contributed by atoms with van der Waals surface area (Å²) in [5, 5.41) is 4.57. The molecular formula is C27H34N4O2. The highest BCUT2D eigenvalue weighted by Gasteiger charge is 2.28. The standard InChI is InChI=1S/C27H34N4O2/c1-18(2)11-12-31-17-23(14-28-31)24-10-7-19(3)29-25(24)20-8-9-21-15-30(16-22(21)13-20)26(32)33-27(4,5)6/h7-10,13-14,17-18H,11-12,15-16H2,1-6H3. The molecule has 1 aromatic carbocycles. The molecule has 2 aromatic heterocycles. The van der Waals surface area contributed by atoms with Crippen LogP contribution in [-0.4, -0.2) is 31.4 Å². The topological polar surface area (TPSA) is 60.2 Å². The van der Waals surface area contributed by atoms with Crippen LogP contribution < -0.4 is 0 Å². The van der Waals surface area contributed by atoms with Crippen molar-refractivity contribution >= 4 is 6.09 Å². The Bertz CT molecular complexity index is 1160. The van der Waals surface area contributed by atoms with Gasteiger partial charge in [0, 0.05) is 48.2 Å². The molecule has 0 atom stereocenters. The Morgan fingerprint density at radius 3 is 2.58 bits per heavy atom. The van der Waals surface area contributed by atoms with Crippen molar-refractivity contribution in [2.45, 2.75) is 73.2 Å². The predicted octanol–water partition coefficient (Wildman–Crippen LogP) is 6.22. The van der Waals surface area contributed by atoms with Crippen molar-refractivity contribution in [2.75, 3.05) is 0 Å². The Morgan fingerprint density at radius 2 is 1.85 bits per heavy atom. The van der Waals surface area contributed by atoms with Crippen molar-refractivity contribution in [1.82, 2.24) is 19.7 Å². The lowest BCUT2D eigenvalue weighted by Gasteiger charge is -2.24. The smallest absolute Gasteiger partial charge is 0.410 e. The average Bonchev–Trinajstić information content (AvgIpc) is 3.37. The molecule has 0 saturated carbocycles. The fraction of sp³-hybridized carbons (Fsp3) is 0.444. The van der Waals surface area contributed by atoms with Gasteiger partial charge in [0.2, 0.25) is 0 Å². The van der Waals surface area contributed by atoms with Crippen LogP contribution in [0.2, 0.25) is 0 Å². The molecule has 0 bridgehead atoms. The maximum absolute atomic E-state index is 12.5. The van der Waals surface area contributed by atoms with Crippen molar-refractivity contribution in [2.24, 2.45) is 5.92 Å². The Morgan fingerprint density at radius 1 is 1.09 bits per heavy atom. The van der Waals surface area contributed by atoms with Crippen LogP contribution >= 0.6 is 0 Å². The second kappa shape index (κ2) is 9.00. The first-order valence-electron chi connectivity index (χ1n) is 11.7. The van der Waals surface area contributed by atoms with Crippen LogP contribution in [0.15, 0.2) is 42.7 Å². The number of nitrogens with zero attached hydrogens (tertiary/aromatic N) is 4. The van der Waals surface area contributed by atoms with Gasteiger partial charge in [-0.15, -0.1) is 0 Å². The summed E-state index contributed by atoms with van der Waals surface area (Å²) in [6.45, 7) is 14.2. The highest BCUT2D eigenvalue weighted by Crippen LogP contribution is 2.34. The molecule has 0 fully saturated rings. The minimum Gasteiger partial charge on any atom is -0.444 e. The molecule has 33 heavy (non-hydrogen) atoms. The summed E-state index contributed by atoms with van der Waals surface area (Å²) in [5.74, 6) is 0.640. The molecular weight excluding hydrogens is 412 g/mol. The number of aromatic nitrogens is 3. The highest BCUT2D eigenvalue weighted by molar-refractivity contribution is 5.81. The van der Waals surface area contributed by atoms with Crippen LogP contribution in [0, 0.1) is 12.8 Å². The zero-order chi connectivity index (χ0) is 23.8. The fourth-order valence-corrected chi connectivity index (χ4v) is 4.02. The number of rotatable bonds is 5. The van der Waals surface area contributed by atoms with Gasteiger partial charge in [-0.05, 0) is 63.3 Å². The number of pyridine rings is 1. The molecule has 6 heteroatoms. The van der Waals surface area contributed by atoms with E-state index in [4.69, 9.17) is 9.72 Å². The van der Waals surface area contributed by atoms with Gasteiger partial charge in [0.1, 0.15) is 5.60 Å². The summed E-state index contributed by atoms with van der Waals surface area (Å²) in [6, 6.07) is 10.5. The molecule has 1 aliphatic rings. The van der Waals surface area contributed by atoms with Crippen molar-refractivity contribution < 1.29 is 9.53 Å². The average molecular weight is 447 g/mol. The zero-order valence-electron chi connectivity index (χ0n) is 20.6. The van der Waals surface area contributed by atoms with E-state index < -0.39 is 5.60 Å². The van der Waals surface area contributed by atoms with Gasteiger partial charge in [0.25, 0.3) is 0 Å². The minimum absolute atomic E-state index is 0.275. The van der Waals surface area contributed by atoms with Crippen molar-refractivity contribution in [3.8, 4) is 22.4 Å². The quantitative estimate of drug-likeness (QED) is 0.467. The molecule has 0 aliphatic carbocycles. The predicted molar refractivity (Wildman–Crippen MR) is 131 cm³/mol. The van der Waals surface area contributed by atoms with E-state index in [-0.39, 0.29) is 6.09 Å². The third-order valence-corrected chi connectivity index (χ3v) is 5.77. The number of carbonyl (C=O) groups excluding carboxylic acids is 1. The van der Waals surface area contributed by atoms with Crippen molar-refractivity contribution in [3.05, 3.63) is 59.5 Å². The maximum Gasteiger partial charge on any atom is 0.410 e. The Kier molecular flexibility index (Phi) is 6.28. The number of fused-ring (bicyclic) bond motifs is 1. The third-order valence-electron chi connectivity index (χ3n) is 5.77. The van der Waals surface area contributed by atoms with E-state index in [0.717, 1.165) is 52.2 Å². The van der Waals surface area contributed by atoms with Crippen LogP contribution in [-0.2, 0) is 24.4 Å². The molecule has 6 nitrogen and oxygen atoms in total. The summed E-state index contributed by atoms with van der Waals surface area (Å²) in [5.41, 5.74) is 6.88. The number of carbonyl (C=O) groups is 1. The van der Waals surface area contributed by atoms with Crippen molar-refractivity contribution in [1.29, 1.82) is 0 Å². The molecule has 3 aromatic rings. The van der Waals surface area contributed by atoms with Crippen LogP contribution in [0.3, 0.4) is 0 Å². The van der Waals surface area contributed by atoms with Gasteiger partial charge >= 0.3 is 6.09 Å². The van der Waals surface area contributed by atoms with E-state index in [1.54, 1.807) is 4.90 Å². The molecule has 174 valence electrons. The molecule has 0 unspecified atom stereocenters. The lowest BCUT2D eigenvalue weighted by atomic mass is 9.98. The summed E-state index contributed by atoms with van der Waals surface area (Å²) in [4.78, 5) is 19.2. The Labute approximate surface area is 196 Å². The number of hydrogen-bond acceptors (Lipinski definition) is 4. The first-order chi connectivity index (χ1) is 15.6. The molecule has 0 radical (unpaired) electrons. The fourth-order valence-electron chi connectivity index (χ4n) is 4.02. The molecule has 4 rings (SSSR count). The second-order valence-corrected chi connectivity index (χ2v) is 10.3. The van der Waals surface area contributed by atoms with Gasteiger partial charge in [-0.2, -0.15) is 5.10 Å². The van der Waals surface area contributed by atoms with Crippen LogP contribution in [0.1, 0.15) is 57.9 Å². The number of ether oxygens (including phenoxy) is 1. The van der Waals surface area contributed by atoms with E-state index in [0.29, 0.717) is 19.0 Å². The third kappa shape index (κ3) is 5.44. The first kappa shape index (κ1) is 23.0. The molecule has 0 N–H and O–H groups in total. The minimum atomic E-state index is -0.503. The van der Waals surface area contributed by atoms with E-state index in [2.05, 4.69) is 49.4 Å². The van der Waals surface area contributed by atoms with E-state index >= 15 is 0 Å². The number of benzene rings is 1. The SMILES string of the molecule is Cc1ccc(-c2cnn(CCC(C)C)c2)c(-c2ccc3c(c2)CN(C(=O)OC(C)(C)C)C3)n1. The van der Waals surface area contributed by atoms with Gasteiger partial charge in [-0.25, -0.2) is 4.79 Å². The summed E-state index contributed by atoms with van der Waals surface area (Å²) in [7, 11) is 0. The molecule has 1 aliphatic heterocycles. The zero-order valence-corrected chi connectivity index (χ0v) is 20.6. The van der Waals surface area contributed by atoms with Crippen molar-refractivity contribution in [3.63, 3.8) is 0 Å². The monoisotopic (exact) mass is 446 g/mol. The van der Waals surface area contributed by atoms with E-state index in [9.17, 15) is 4.79 Å². The van der Waals surface area contributed by atoms with Crippen LogP contribution in [0.25, 0.3) is 22.4 Å². The molecule has 0 spiro atoms. The lowest BCUT2D eigenvalue weighted by molar-refractivity contribution is 0.0242. The Balaban J connectivity index is 1.61. The van der Waals surface area contributed by atoms with E-state index in [1.807, 2.05) is 44.6 Å². The molecule has 3 heterocycles. The van der Waals surface area contributed by atoms with Crippen LogP contribution in [0.5, 0.6) is 0 Å². The summed E-state index contributed by atoms with van der Waals surface area (Å²) in [6.07, 6.45) is 4.85. The number of aryl methyl sites for hydroxylation is 2. The first-order valence-corrected chi connectivity index (χ1v) is 11.7. The molecule has 0 saturated heterocycles. The highest BCUT2D eigenvalue weighted by atomic mass is 16.6. The van der Waals surface area contributed by atoms with E-state index in [1.165, 1.54) is 0 Å². The number of hydrogen-bond donors (Lipinski definition) is 0. The molecule has 1 amide bonds. The maximum atomic E-state index is 12.5. The number of amides is 1. The van der Waals surface area contributed by atoms with Gasteiger partial charge in [0.15, 0.2) is 0 Å². The summed E-state index contributed by atoms with van der Waals surface area (Å²) < 4.78 is 7.58. The normalized spacial score (nSPS) is 13.5. The van der Waals surface area contributed by atoms with Gasteiger partial charge in [0.05, 0.1) is 11.9 Å². The van der Waals surface area contributed by atoms with Gasteiger partial charge in [-0.3, -0.25) is 14.6 Å². The van der Waals surface area contributed by atoms with Gasteiger partial charge in [-0.1, -0.05) is 32.0 Å². The Hall–Kier alpha value is -3.15. The summed E-state index contributed by atoms with van der Waals surface area (Å²) >= 11 is 0. The largest absolute Gasteiger partial charge is 0.444 e. The second-order valence-electron chi connectivity index (χ2n) is 10.3. The van der Waals surface area contributed by atoms with Crippen LogP contribution in [0.4, 0.5) is 4.79 Å².